The molecule has 0 fully saturated rings. The maximum absolute atomic E-state index is 12.8. The van der Waals surface area contributed by atoms with Gasteiger partial charge in [-0.05, 0) is 128 Å². The van der Waals surface area contributed by atoms with Gasteiger partial charge in [0, 0.05) is 19.3 Å². The van der Waals surface area contributed by atoms with Crippen molar-refractivity contribution in [1.82, 2.24) is 0 Å². The molecule has 0 amide bonds. The lowest BCUT2D eigenvalue weighted by molar-refractivity contribution is -0.167. The highest BCUT2D eigenvalue weighted by atomic mass is 16.6. The fourth-order valence-corrected chi connectivity index (χ4v) is 6.51. The van der Waals surface area contributed by atoms with E-state index in [1.807, 2.05) is 0 Å². The van der Waals surface area contributed by atoms with Crippen LogP contribution in [0.5, 0.6) is 0 Å². The van der Waals surface area contributed by atoms with E-state index in [2.05, 4.69) is 142 Å². The van der Waals surface area contributed by atoms with E-state index in [1.54, 1.807) is 0 Å². The van der Waals surface area contributed by atoms with Crippen molar-refractivity contribution < 1.29 is 28.6 Å². The van der Waals surface area contributed by atoms with Gasteiger partial charge in [-0.15, -0.1) is 0 Å². The van der Waals surface area contributed by atoms with E-state index in [9.17, 15) is 14.4 Å². The summed E-state index contributed by atoms with van der Waals surface area (Å²) in [6.07, 6.45) is 71.9. The summed E-state index contributed by atoms with van der Waals surface area (Å²) in [5.41, 5.74) is 0. The first kappa shape index (κ1) is 60.8. The van der Waals surface area contributed by atoms with Crippen LogP contribution in [0.1, 0.15) is 213 Å². The lowest BCUT2D eigenvalue weighted by Gasteiger charge is -2.18. The van der Waals surface area contributed by atoms with Gasteiger partial charge in [0.1, 0.15) is 13.2 Å². The molecule has 0 aromatic rings. The molecule has 0 spiro atoms. The van der Waals surface area contributed by atoms with Gasteiger partial charge in [0.05, 0.1) is 0 Å². The van der Waals surface area contributed by atoms with Crippen LogP contribution in [0.25, 0.3) is 0 Å². The minimum atomic E-state index is -0.840. The summed E-state index contributed by atoms with van der Waals surface area (Å²) in [5.74, 6) is -1.07. The third-order valence-corrected chi connectivity index (χ3v) is 10.4. The second-order valence-corrected chi connectivity index (χ2v) is 16.7. The number of carbonyl (C=O) groups is 3. The molecule has 65 heavy (non-hydrogen) atoms. The van der Waals surface area contributed by atoms with Crippen LogP contribution in [0.4, 0.5) is 0 Å². The fraction of sp³-hybridized carbons (Fsp3) is 0.610. The SMILES string of the molecule is CC/C=C\C/C=C\C/C=C\C/C=C\CCCCC(=O)OC[C@H](COC(=O)CCCC/C=C\C/C=C\C/C=C\CCCCC)OC(=O)CCC/C=C\C/C=C\C/C=C\CCCCCCCC. The highest BCUT2D eigenvalue weighted by Gasteiger charge is 2.19. The van der Waals surface area contributed by atoms with Crippen LogP contribution in [0, 0.1) is 0 Å². The maximum atomic E-state index is 12.8. The van der Waals surface area contributed by atoms with Gasteiger partial charge < -0.3 is 14.2 Å². The number of hydrogen-bond donors (Lipinski definition) is 0. The second-order valence-electron chi connectivity index (χ2n) is 16.7. The van der Waals surface area contributed by atoms with Gasteiger partial charge in [0.2, 0.25) is 0 Å². The van der Waals surface area contributed by atoms with Crippen molar-refractivity contribution in [1.29, 1.82) is 0 Å². The molecule has 0 saturated carbocycles. The van der Waals surface area contributed by atoms with Crippen molar-refractivity contribution in [3.8, 4) is 0 Å². The Hall–Kier alpha value is -4.19. The van der Waals surface area contributed by atoms with Crippen LogP contribution in [-0.4, -0.2) is 37.2 Å². The maximum Gasteiger partial charge on any atom is 0.306 e. The number of hydrogen-bond acceptors (Lipinski definition) is 6. The van der Waals surface area contributed by atoms with E-state index in [0.29, 0.717) is 19.3 Å². The number of carbonyl (C=O) groups excluding carboxylic acids is 3. The molecule has 0 unspecified atom stereocenters. The van der Waals surface area contributed by atoms with Gasteiger partial charge in [-0.2, -0.15) is 0 Å². The lowest BCUT2D eigenvalue weighted by Crippen LogP contribution is -2.30. The van der Waals surface area contributed by atoms with Crippen molar-refractivity contribution in [3.63, 3.8) is 0 Å². The third-order valence-electron chi connectivity index (χ3n) is 10.4. The Labute approximate surface area is 399 Å². The molecule has 0 saturated heterocycles. The summed E-state index contributed by atoms with van der Waals surface area (Å²) < 4.78 is 16.7. The first-order valence-corrected chi connectivity index (χ1v) is 26.0. The van der Waals surface area contributed by atoms with Crippen LogP contribution in [-0.2, 0) is 28.6 Å². The van der Waals surface area contributed by atoms with E-state index in [1.165, 1.54) is 70.6 Å². The molecule has 0 aliphatic rings. The largest absolute Gasteiger partial charge is 0.462 e. The molecule has 0 bridgehead atoms. The van der Waals surface area contributed by atoms with Gasteiger partial charge in [0.15, 0.2) is 6.10 Å². The normalized spacial score (nSPS) is 13.1. The minimum Gasteiger partial charge on any atom is -0.462 e. The Bertz CT molecular complexity index is 1400. The Balaban J connectivity index is 4.62. The number of rotatable bonds is 45. The van der Waals surface area contributed by atoms with Gasteiger partial charge >= 0.3 is 17.9 Å². The van der Waals surface area contributed by atoms with E-state index < -0.39 is 6.10 Å². The Morgan fingerprint density at radius 3 is 1.02 bits per heavy atom. The molecule has 0 rings (SSSR count). The molecule has 6 heteroatoms. The first-order valence-electron chi connectivity index (χ1n) is 26.0. The molecular weight excluding hydrogens is 805 g/mol. The van der Waals surface area contributed by atoms with Crippen molar-refractivity contribution in [3.05, 3.63) is 122 Å². The number of allylic oxidation sites excluding steroid dienone is 20. The van der Waals surface area contributed by atoms with Gasteiger partial charge in [-0.3, -0.25) is 14.4 Å². The predicted octanol–water partition coefficient (Wildman–Crippen LogP) is 17.3. The zero-order valence-corrected chi connectivity index (χ0v) is 41.7. The molecule has 0 N–H and O–H groups in total. The average Bonchev–Trinajstić information content (AvgIpc) is 3.30. The van der Waals surface area contributed by atoms with E-state index in [-0.39, 0.29) is 50.4 Å². The summed E-state index contributed by atoms with van der Waals surface area (Å²) >= 11 is 0. The van der Waals surface area contributed by atoms with Crippen LogP contribution < -0.4 is 0 Å². The molecule has 1 atom stereocenters. The van der Waals surface area contributed by atoms with Crippen LogP contribution >= 0.6 is 0 Å². The zero-order valence-electron chi connectivity index (χ0n) is 41.7. The van der Waals surface area contributed by atoms with E-state index in [0.717, 1.165) is 83.5 Å². The van der Waals surface area contributed by atoms with E-state index in [4.69, 9.17) is 14.2 Å². The molecule has 0 aliphatic heterocycles. The van der Waals surface area contributed by atoms with Crippen LogP contribution in [0.3, 0.4) is 0 Å². The average molecular weight is 899 g/mol. The molecular formula is C59H94O6. The predicted molar refractivity (Wildman–Crippen MR) is 279 cm³/mol. The van der Waals surface area contributed by atoms with Crippen LogP contribution in [0.2, 0.25) is 0 Å². The third kappa shape index (κ3) is 50.7. The molecule has 0 radical (unpaired) electrons. The monoisotopic (exact) mass is 899 g/mol. The topological polar surface area (TPSA) is 78.9 Å². The summed E-state index contributed by atoms with van der Waals surface area (Å²) in [5, 5.41) is 0. The van der Waals surface area contributed by atoms with Crippen molar-refractivity contribution >= 4 is 17.9 Å². The van der Waals surface area contributed by atoms with Crippen LogP contribution in [0.15, 0.2) is 122 Å². The summed E-state index contributed by atoms with van der Waals surface area (Å²) in [6, 6.07) is 0. The second kappa shape index (κ2) is 52.4. The quantitative estimate of drug-likeness (QED) is 0.0262. The van der Waals surface area contributed by atoms with Crippen molar-refractivity contribution in [2.24, 2.45) is 0 Å². The van der Waals surface area contributed by atoms with Crippen molar-refractivity contribution in [2.45, 2.75) is 219 Å². The highest BCUT2D eigenvalue weighted by molar-refractivity contribution is 5.71. The van der Waals surface area contributed by atoms with Gasteiger partial charge in [-0.1, -0.05) is 187 Å². The Morgan fingerprint density at radius 2 is 0.615 bits per heavy atom. The fourth-order valence-electron chi connectivity index (χ4n) is 6.51. The summed E-state index contributed by atoms with van der Waals surface area (Å²) in [4.78, 5) is 38.0. The molecule has 6 nitrogen and oxygen atoms in total. The summed E-state index contributed by atoms with van der Waals surface area (Å²) in [6.45, 7) is 6.35. The molecule has 0 heterocycles. The van der Waals surface area contributed by atoms with Crippen molar-refractivity contribution in [2.75, 3.05) is 13.2 Å². The molecule has 366 valence electrons. The van der Waals surface area contributed by atoms with E-state index >= 15 is 0 Å². The zero-order chi connectivity index (χ0) is 47.2. The minimum absolute atomic E-state index is 0.135. The number of ether oxygens (including phenoxy) is 3. The standard InChI is InChI=1S/C59H94O6/c1-4-7-10-13-16-19-22-25-28-29-32-35-38-41-44-47-50-53-59(62)65-56(54-63-57(60)51-48-45-42-39-36-33-30-26-23-20-17-14-11-8-5-2)55-64-58(61)52-49-46-43-40-37-34-31-27-24-21-18-15-12-9-6-3/h8,11,17-18,20-21,25-28,30-32,35-37,39-41,44,56H,4-7,9-10,12-16,19,22-24,29,33-34,38,42-43,45-55H2,1-3H3/b11-8-,20-17-,21-18-,28-25-,30-26-,31-27-,35-32-,39-36-,40-37-,44-41-/t56-/m1/s1. The Kier molecular flexibility index (Phi) is 49.1. The van der Waals surface area contributed by atoms with Gasteiger partial charge in [0.25, 0.3) is 0 Å². The first-order chi connectivity index (χ1) is 32.0. The lowest BCUT2D eigenvalue weighted by atomic mass is 10.1. The molecule has 0 aromatic heterocycles. The highest BCUT2D eigenvalue weighted by Crippen LogP contribution is 2.10. The smallest absolute Gasteiger partial charge is 0.306 e. The number of esters is 3. The molecule has 0 aliphatic carbocycles. The summed E-state index contributed by atoms with van der Waals surface area (Å²) in [7, 11) is 0. The Morgan fingerprint density at radius 1 is 0.323 bits per heavy atom. The van der Waals surface area contributed by atoms with Gasteiger partial charge in [-0.25, -0.2) is 0 Å². The number of unbranched alkanes of at least 4 members (excludes halogenated alkanes) is 14. The molecule has 0 aromatic carbocycles.